The minimum absolute atomic E-state index is 0.171. The van der Waals surface area contributed by atoms with Crippen molar-refractivity contribution in [2.24, 2.45) is 5.92 Å². The highest BCUT2D eigenvalue weighted by Crippen LogP contribution is 2.29. The van der Waals surface area contributed by atoms with E-state index in [0.717, 1.165) is 12.2 Å². The molecule has 88 valence electrons. The molecular formula is C11H18N4O. The number of carbonyl (C=O) groups is 1. The molecule has 1 heterocycles. The summed E-state index contributed by atoms with van der Waals surface area (Å²) in [7, 11) is 0. The topological polar surface area (TPSA) is 70.7 Å². The van der Waals surface area contributed by atoms with E-state index in [1.807, 2.05) is 6.92 Å². The molecule has 0 radical (unpaired) electrons. The largest absolute Gasteiger partial charge is 0.347 e. The van der Waals surface area contributed by atoms with Crippen molar-refractivity contribution in [3.63, 3.8) is 0 Å². The van der Waals surface area contributed by atoms with Gasteiger partial charge < -0.3 is 5.32 Å². The first-order chi connectivity index (χ1) is 7.70. The molecule has 0 bridgehead atoms. The molecule has 0 spiro atoms. The van der Waals surface area contributed by atoms with Gasteiger partial charge in [-0.2, -0.15) is 0 Å². The van der Waals surface area contributed by atoms with Crippen LogP contribution >= 0.6 is 0 Å². The number of carbonyl (C=O) groups excluding carboxylic acids is 1. The van der Waals surface area contributed by atoms with Gasteiger partial charge in [-0.1, -0.05) is 13.3 Å². The van der Waals surface area contributed by atoms with E-state index in [9.17, 15) is 4.79 Å². The van der Waals surface area contributed by atoms with Gasteiger partial charge >= 0.3 is 0 Å². The zero-order chi connectivity index (χ0) is 11.5. The lowest BCUT2D eigenvalue weighted by atomic mass is 9.80. The number of nitrogens with one attached hydrogen (secondary N) is 2. The molecule has 16 heavy (non-hydrogen) atoms. The van der Waals surface area contributed by atoms with Crippen LogP contribution in [0.15, 0.2) is 0 Å². The van der Waals surface area contributed by atoms with Crippen LogP contribution in [0, 0.1) is 5.92 Å². The molecule has 0 aliphatic heterocycles. The second-order valence-corrected chi connectivity index (χ2v) is 4.41. The summed E-state index contributed by atoms with van der Waals surface area (Å²) in [5.74, 6) is 1.47. The molecule has 1 unspecified atom stereocenters. The maximum absolute atomic E-state index is 11.8. The van der Waals surface area contributed by atoms with Crippen LogP contribution in [0.5, 0.6) is 0 Å². The second-order valence-electron chi connectivity index (χ2n) is 4.41. The molecule has 1 aromatic rings. The van der Waals surface area contributed by atoms with Crippen LogP contribution in [-0.2, 0) is 6.42 Å². The van der Waals surface area contributed by atoms with Crippen LogP contribution in [-0.4, -0.2) is 27.1 Å². The monoisotopic (exact) mass is 222 g/mol. The summed E-state index contributed by atoms with van der Waals surface area (Å²) in [4.78, 5) is 15.9. The van der Waals surface area contributed by atoms with Crippen LogP contribution in [0.25, 0.3) is 0 Å². The molecule has 1 atom stereocenters. The van der Waals surface area contributed by atoms with E-state index in [1.165, 1.54) is 19.3 Å². The Bertz CT molecular complexity index is 370. The van der Waals surface area contributed by atoms with Gasteiger partial charge in [-0.15, -0.1) is 5.10 Å². The lowest BCUT2D eigenvalue weighted by molar-refractivity contribution is 0.0899. The summed E-state index contributed by atoms with van der Waals surface area (Å²) in [5, 5.41) is 9.59. The Morgan fingerprint density at radius 3 is 2.88 bits per heavy atom. The van der Waals surface area contributed by atoms with Crippen LogP contribution in [0.2, 0.25) is 0 Å². The molecule has 5 nitrogen and oxygen atoms in total. The molecule has 1 fully saturated rings. The first-order valence-corrected chi connectivity index (χ1v) is 5.93. The lowest BCUT2D eigenvalue weighted by Gasteiger charge is -2.31. The number of aromatic nitrogens is 3. The average Bonchev–Trinajstić information content (AvgIpc) is 2.62. The van der Waals surface area contributed by atoms with Crippen LogP contribution in [0.3, 0.4) is 0 Å². The Balaban J connectivity index is 1.91. The predicted octanol–water partition coefficient (Wildman–Crippen LogP) is 1.29. The quantitative estimate of drug-likeness (QED) is 0.806. The molecule has 0 aromatic carbocycles. The summed E-state index contributed by atoms with van der Waals surface area (Å²) >= 11 is 0. The smallest absolute Gasteiger partial charge is 0.291 e. The third-order valence-electron chi connectivity index (χ3n) is 3.29. The molecule has 2 N–H and O–H groups in total. The maximum atomic E-state index is 11.8. The number of hydrogen-bond donors (Lipinski definition) is 2. The Morgan fingerprint density at radius 1 is 1.62 bits per heavy atom. The van der Waals surface area contributed by atoms with E-state index in [-0.39, 0.29) is 17.8 Å². The third-order valence-corrected chi connectivity index (χ3v) is 3.29. The Morgan fingerprint density at radius 2 is 2.38 bits per heavy atom. The van der Waals surface area contributed by atoms with Crippen molar-refractivity contribution in [2.75, 3.05) is 0 Å². The van der Waals surface area contributed by atoms with E-state index in [1.54, 1.807) is 0 Å². The van der Waals surface area contributed by atoms with E-state index < -0.39 is 0 Å². The van der Waals surface area contributed by atoms with Gasteiger partial charge in [0.2, 0.25) is 5.82 Å². The van der Waals surface area contributed by atoms with Crippen molar-refractivity contribution in [3.8, 4) is 0 Å². The van der Waals surface area contributed by atoms with Gasteiger partial charge in [0.1, 0.15) is 5.82 Å². The zero-order valence-corrected chi connectivity index (χ0v) is 9.79. The number of H-pyrrole nitrogens is 1. The standard InChI is InChI=1S/C11H18N4O/c1-3-9-13-10(15-14-9)11(16)12-7(2)8-5-4-6-8/h7-8H,3-6H2,1-2H3,(H,12,16)(H,13,14,15). The average molecular weight is 222 g/mol. The summed E-state index contributed by atoms with van der Waals surface area (Å²) in [6, 6.07) is 0.227. The molecule has 2 rings (SSSR count). The molecule has 1 aromatic heterocycles. The van der Waals surface area contributed by atoms with E-state index in [4.69, 9.17) is 0 Å². The van der Waals surface area contributed by atoms with E-state index in [0.29, 0.717) is 5.92 Å². The van der Waals surface area contributed by atoms with Crippen molar-refractivity contribution in [1.82, 2.24) is 20.5 Å². The number of hydrogen-bond acceptors (Lipinski definition) is 3. The van der Waals surface area contributed by atoms with Crippen molar-refractivity contribution in [2.45, 2.75) is 45.6 Å². The fourth-order valence-electron chi connectivity index (χ4n) is 1.88. The number of rotatable bonds is 4. The number of aryl methyl sites for hydroxylation is 1. The molecule has 0 saturated heterocycles. The highest BCUT2D eigenvalue weighted by molar-refractivity contribution is 5.90. The first kappa shape index (κ1) is 11.1. The van der Waals surface area contributed by atoms with Crippen molar-refractivity contribution < 1.29 is 4.79 Å². The van der Waals surface area contributed by atoms with E-state index in [2.05, 4.69) is 27.4 Å². The van der Waals surface area contributed by atoms with Gasteiger partial charge in [0.25, 0.3) is 5.91 Å². The Labute approximate surface area is 95.0 Å². The predicted molar refractivity (Wildman–Crippen MR) is 60.0 cm³/mol. The Kier molecular flexibility index (Phi) is 3.22. The molecule has 1 aliphatic rings. The highest BCUT2D eigenvalue weighted by atomic mass is 16.2. The Hall–Kier alpha value is -1.39. The van der Waals surface area contributed by atoms with Crippen LogP contribution in [0.4, 0.5) is 0 Å². The molecule has 5 heteroatoms. The summed E-state index contributed by atoms with van der Waals surface area (Å²) in [6.45, 7) is 4.02. The van der Waals surface area contributed by atoms with Crippen LogP contribution < -0.4 is 5.32 Å². The van der Waals surface area contributed by atoms with Gasteiger partial charge in [0.05, 0.1) is 0 Å². The number of nitrogens with zero attached hydrogens (tertiary/aromatic N) is 2. The molecule has 1 aliphatic carbocycles. The highest BCUT2D eigenvalue weighted by Gasteiger charge is 2.26. The maximum Gasteiger partial charge on any atom is 0.291 e. The first-order valence-electron chi connectivity index (χ1n) is 5.93. The van der Waals surface area contributed by atoms with Crippen LogP contribution in [0.1, 0.15) is 49.6 Å². The van der Waals surface area contributed by atoms with Gasteiger partial charge in [-0.25, -0.2) is 4.98 Å². The lowest BCUT2D eigenvalue weighted by Crippen LogP contribution is -2.41. The van der Waals surface area contributed by atoms with Gasteiger partial charge in [-0.3, -0.25) is 9.89 Å². The van der Waals surface area contributed by atoms with Gasteiger partial charge in [0.15, 0.2) is 0 Å². The number of aromatic amines is 1. The molecular weight excluding hydrogens is 204 g/mol. The van der Waals surface area contributed by atoms with Crippen molar-refractivity contribution in [3.05, 3.63) is 11.6 Å². The zero-order valence-electron chi connectivity index (χ0n) is 9.79. The minimum Gasteiger partial charge on any atom is -0.347 e. The van der Waals surface area contributed by atoms with Gasteiger partial charge in [-0.05, 0) is 25.7 Å². The fourth-order valence-corrected chi connectivity index (χ4v) is 1.88. The van der Waals surface area contributed by atoms with Gasteiger partial charge in [0, 0.05) is 12.5 Å². The SMILES string of the molecule is CCc1nc(C(=O)NC(C)C2CCC2)n[nH]1. The fraction of sp³-hybridized carbons (Fsp3) is 0.727. The normalized spacial score (nSPS) is 17.9. The summed E-state index contributed by atoms with van der Waals surface area (Å²) in [5.41, 5.74) is 0. The summed E-state index contributed by atoms with van der Waals surface area (Å²) < 4.78 is 0. The third kappa shape index (κ3) is 2.23. The van der Waals surface area contributed by atoms with Crippen molar-refractivity contribution >= 4 is 5.91 Å². The van der Waals surface area contributed by atoms with Crippen molar-refractivity contribution in [1.29, 1.82) is 0 Å². The number of amides is 1. The molecule has 1 amide bonds. The van der Waals surface area contributed by atoms with E-state index >= 15 is 0 Å². The second kappa shape index (κ2) is 4.63. The molecule has 1 saturated carbocycles. The summed E-state index contributed by atoms with van der Waals surface area (Å²) in [6.07, 6.45) is 4.48. The minimum atomic E-state index is -0.171.